The maximum Gasteiger partial charge on any atom is 0.343 e. The highest BCUT2D eigenvalue weighted by Gasteiger charge is 2.19. The number of halogens is 2. The van der Waals surface area contributed by atoms with Crippen molar-refractivity contribution in [1.82, 2.24) is 4.57 Å². The summed E-state index contributed by atoms with van der Waals surface area (Å²) in [6.45, 7) is 1.93. The van der Waals surface area contributed by atoms with E-state index in [1.165, 1.54) is 10.6 Å². The summed E-state index contributed by atoms with van der Waals surface area (Å²) >= 11 is 6.79. The Morgan fingerprint density at radius 2 is 1.95 bits per heavy atom. The molecule has 0 radical (unpaired) electrons. The van der Waals surface area contributed by atoms with E-state index in [-0.39, 0.29) is 12.2 Å². The van der Waals surface area contributed by atoms with E-state index in [1.807, 2.05) is 30.3 Å². The van der Waals surface area contributed by atoms with Crippen LogP contribution in [-0.2, 0) is 10.1 Å². The summed E-state index contributed by atoms with van der Waals surface area (Å²) in [7, 11) is 0. The number of rotatable bonds is 4. The van der Waals surface area contributed by atoms with Crippen LogP contribution in [0.25, 0.3) is 5.69 Å². The molecule has 0 amide bonds. The first-order valence-corrected chi connectivity index (χ1v) is 8.24. The molecule has 0 unspecified atom stereocenters. The van der Waals surface area contributed by atoms with E-state index in [0.717, 1.165) is 5.69 Å². The third kappa shape index (κ3) is 3.27. The van der Waals surface area contributed by atoms with Crippen molar-refractivity contribution in [3.8, 4) is 5.69 Å². The van der Waals surface area contributed by atoms with Crippen LogP contribution < -0.4 is 5.56 Å². The zero-order chi connectivity index (χ0) is 15.4. The summed E-state index contributed by atoms with van der Waals surface area (Å²) in [5, 5.41) is 0.473. The molecule has 1 aromatic heterocycles. The first kappa shape index (κ1) is 16.0. The highest BCUT2D eigenvalue weighted by atomic mass is 79.9. The third-order valence-electron chi connectivity index (χ3n) is 2.89. The lowest BCUT2D eigenvalue weighted by Crippen LogP contribution is -2.28. The van der Waals surface area contributed by atoms with Gasteiger partial charge < -0.3 is 4.74 Å². The number of benzene rings is 1. The van der Waals surface area contributed by atoms with Gasteiger partial charge in [0.25, 0.3) is 5.56 Å². The molecule has 6 heteroatoms. The van der Waals surface area contributed by atoms with Crippen molar-refractivity contribution < 1.29 is 9.53 Å². The molecule has 0 saturated carbocycles. The molecule has 2 rings (SSSR count). The Kier molecular flexibility index (Phi) is 5.36. The van der Waals surface area contributed by atoms with Crippen LogP contribution in [0.3, 0.4) is 0 Å². The highest BCUT2D eigenvalue weighted by Crippen LogP contribution is 2.22. The highest BCUT2D eigenvalue weighted by molar-refractivity contribution is 9.10. The second-order valence-corrected chi connectivity index (χ2v) is 5.60. The summed E-state index contributed by atoms with van der Waals surface area (Å²) in [6.07, 6.45) is 0. The average Bonchev–Trinajstić information content (AvgIpc) is 2.49. The predicted molar refractivity (Wildman–Crippen MR) is 88.3 cm³/mol. The molecule has 21 heavy (non-hydrogen) atoms. The zero-order valence-corrected chi connectivity index (χ0v) is 14.5. The van der Waals surface area contributed by atoms with E-state index in [1.54, 1.807) is 6.92 Å². The van der Waals surface area contributed by atoms with E-state index in [9.17, 15) is 9.59 Å². The predicted octanol–water partition coefficient (Wildman–Crippen LogP) is 3.67. The monoisotopic (exact) mass is 413 g/mol. The van der Waals surface area contributed by atoms with Crippen molar-refractivity contribution in [2.75, 3.05) is 6.61 Å². The van der Waals surface area contributed by atoms with Crippen molar-refractivity contribution in [2.24, 2.45) is 0 Å². The Bertz CT molecular complexity index is 711. The van der Waals surface area contributed by atoms with Crippen molar-refractivity contribution in [3.63, 3.8) is 0 Å². The SMILES string of the molecule is CCOC(=O)c1cc(Br)c(CBr)n(-c2ccccc2)c1=O. The third-order valence-corrected chi connectivity index (χ3v) is 4.10. The number of pyridine rings is 1. The fraction of sp³-hybridized carbons (Fsp3) is 0.200. The van der Waals surface area contributed by atoms with Crippen molar-refractivity contribution in [2.45, 2.75) is 12.3 Å². The molecule has 0 aliphatic rings. The van der Waals surface area contributed by atoms with Crippen LogP contribution >= 0.6 is 31.9 Å². The van der Waals surface area contributed by atoms with Crippen LogP contribution in [-0.4, -0.2) is 17.1 Å². The van der Waals surface area contributed by atoms with E-state index in [4.69, 9.17) is 4.74 Å². The first-order valence-electron chi connectivity index (χ1n) is 6.33. The van der Waals surface area contributed by atoms with Gasteiger partial charge in [0.1, 0.15) is 5.56 Å². The van der Waals surface area contributed by atoms with Crippen molar-refractivity contribution in [3.05, 3.63) is 62.5 Å². The van der Waals surface area contributed by atoms with Gasteiger partial charge in [0.2, 0.25) is 0 Å². The van der Waals surface area contributed by atoms with Gasteiger partial charge >= 0.3 is 5.97 Å². The molecule has 0 spiro atoms. The Labute approximate surface area is 139 Å². The number of ether oxygens (including phenoxy) is 1. The lowest BCUT2D eigenvalue weighted by Gasteiger charge is -2.14. The molecule has 0 aliphatic carbocycles. The number of carbonyl (C=O) groups is 1. The van der Waals surface area contributed by atoms with Crippen molar-refractivity contribution in [1.29, 1.82) is 0 Å². The van der Waals surface area contributed by atoms with Crippen LogP contribution in [0.5, 0.6) is 0 Å². The number of carbonyl (C=O) groups excluding carboxylic acids is 1. The maximum atomic E-state index is 12.6. The normalized spacial score (nSPS) is 10.4. The van der Waals surface area contributed by atoms with E-state index in [0.29, 0.717) is 15.5 Å². The second-order valence-electron chi connectivity index (χ2n) is 4.18. The lowest BCUT2D eigenvalue weighted by molar-refractivity contribution is 0.0523. The number of para-hydroxylation sites is 1. The van der Waals surface area contributed by atoms with Crippen LogP contribution in [0.4, 0.5) is 0 Å². The summed E-state index contributed by atoms with van der Waals surface area (Å²) in [5.74, 6) is -0.617. The molecule has 4 nitrogen and oxygen atoms in total. The maximum absolute atomic E-state index is 12.6. The molecule has 1 heterocycles. The van der Waals surface area contributed by atoms with E-state index >= 15 is 0 Å². The molecular formula is C15H13Br2NO3. The van der Waals surface area contributed by atoms with Gasteiger partial charge in [0, 0.05) is 15.5 Å². The van der Waals surface area contributed by atoms with E-state index < -0.39 is 11.5 Å². The minimum Gasteiger partial charge on any atom is -0.462 e. The minimum absolute atomic E-state index is 0.0114. The summed E-state index contributed by atoms with van der Waals surface area (Å²) in [5.41, 5.74) is 1.05. The van der Waals surface area contributed by atoms with Crippen LogP contribution in [0.15, 0.2) is 45.7 Å². The quantitative estimate of drug-likeness (QED) is 0.566. The number of esters is 1. The summed E-state index contributed by atoms with van der Waals surface area (Å²) < 4.78 is 7.12. The Morgan fingerprint density at radius 1 is 1.29 bits per heavy atom. The molecule has 0 bridgehead atoms. The number of aromatic nitrogens is 1. The summed E-state index contributed by atoms with van der Waals surface area (Å²) in [6, 6.07) is 10.7. The molecule has 0 N–H and O–H groups in total. The molecule has 0 fully saturated rings. The Hall–Kier alpha value is -1.40. The summed E-state index contributed by atoms with van der Waals surface area (Å²) in [4.78, 5) is 24.6. The molecule has 0 saturated heterocycles. The lowest BCUT2D eigenvalue weighted by atomic mass is 10.2. The van der Waals surface area contributed by atoms with Crippen LogP contribution in [0.1, 0.15) is 23.0 Å². The molecular weight excluding hydrogens is 402 g/mol. The Balaban J connectivity index is 2.73. The average molecular weight is 415 g/mol. The number of nitrogens with zero attached hydrogens (tertiary/aromatic N) is 1. The Morgan fingerprint density at radius 3 is 2.52 bits per heavy atom. The number of hydrogen-bond acceptors (Lipinski definition) is 3. The molecule has 1 aromatic carbocycles. The second kappa shape index (κ2) is 7.04. The zero-order valence-electron chi connectivity index (χ0n) is 11.3. The van der Waals surface area contributed by atoms with Gasteiger partial charge in [0.05, 0.1) is 12.3 Å². The van der Waals surface area contributed by atoms with Crippen LogP contribution in [0, 0.1) is 0 Å². The molecule has 110 valence electrons. The van der Waals surface area contributed by atoms with Crippen LogP contribution in [0.2, 0.25) is 0 Å². The molecule has 2 aromatic rings. The fourth-order valence-corrected chi connectivity index (χ4v) is 3.43. The number of alkyl halides is 1. The van der Waals surface area contributed by atoms with Gasteiger partial charge in [0.15, 0.2) is 0 Å². The van der Waals surface area contributed by atoms with Gasteiger partial charge in [-0.3, -0.25) is 9.36 Å². The van der Waals surface area contributed by atoms with Gasteiger partial charge in [-0.2, -0.15) is 0 Å². The van der Waals surface area contributed by atoms with Gasteiger partial charge in [-0.25, -0.2) is 4.79 Å². The van der Waals surface area contributed by atoms with Gasteiger partial charge in [-0.15, -0.1) is 0 Å². The standard InChI is InChI=1S/C15H13Br2NO3/c1-2-21-15(20)11-8-12(17)13(9-16)18(14(11)19)10-6-4-3-5-7-10/h3-8H,2,9H2,1H3. The molecule has 0 atom stereocenters. The van der Waals surface area contributed by atoms with E-state index in [2.05, 4.69) is 31.9 Å². The first-order chi connectivity index (χ1) is 10.1. The largest absolute Gasteiger partial charge is 0.462 e. The number of hydrogen-bond donors (Lipinski definition) is 0. The van der Waals surface area contributed by atoms with Crippen molar-refractivity contribution >= 4 is 37.8 Å². The smallest absolute Gasteiger partial charge is 0.343 e. The minimum atomic E-state index is -0.617. The topological polar surface area (TPSA) is 48.3 Å². The van der Waals surface area contributed by atoms with Gasteiger partial charge in [-0.1, -0.05) is 34.1 Å². The fourth-order valence-electron chi connectivity index (χ4n) is 1.95. The molecule has 0 aliphatic heterocycles. The van der Waals surface area contributed by atoms with Gasteiger partial charge in [-0.05, 0) is 41.1 Å².